The fourth-order valence-corrected chi connectivity index (χ4v) is 2.07. The topological polar surface area (TPSA) is 66.4 Å². The molecule has 0 spiro atoms. The first kappa shape index (κ1) is 19.0. The molecule has 0 aliphatic heterocycles. The summed E-state index contributed by atoms with van der Waals surface area (Å²) in [4.78, 5) is 23.9. The molecule has 0 aliphatic carbocycles. The normalized spacial score (nSPS) is 13.8. The SMILES string of the molecule is CC(O)(C(=O)Nc1ccc(C(=O)c2cccc(Cl)c2)cc1)C(F)(F)F. The van der Waals surface area contributed by atoms with Crippen LogP contribution in [0.5, 0.6) is 0 Å². The number of hydrogen-bond donors (Lipinski definition) is 2. The van der Waals surface area contributed by atoms with Gasteiger partial charge >= 0.3 is 6.18 Å². The van der Waals surface area contributed by atoms with Crippen molar-refractivity contribution >= 4 is 29.0 Å². The molecule has 8 heteroatoms. The summed E-state index contributed by atoms with van der Waals surface area (Å²) in [5.41, 5.74) is -2.90. The van der Waals surface area contributed by atoms with Gasteiger partial charge < -0.3 is 10.4 Å². The van der Waals surface area contributed by atoms with Gasteiger partial charge in [0, 0.05) is 21.8 Å². The number of nitrogens with one attached hydrogen (secondary N) is 1. The van der Waals surface area contributed by atoms with Gasteiger partial charge in [-0.05, 0) is 43.3 Å². The van der Waals surface area contributed by atoms with E-state index in [1.165, 1.54) is 30.3 Å². The lowest BCUT2D eigenvalue weighted by Crippen LogP contribution is -2.52. The highest BCUT2D eigenvalue weighted by Gasteiger charge is 2.55. The highest BCUT2D eigenvalue weighted by Crippen LogP contribution is 2.31. The maximum Gasteiger partial charge on any atom is 0.426 e. The molecule has 0 heterocycles. The number of carbonyl (C=O) groups excluding carboxylic acids is 2. The number of aliphatic hydroxyl groups is 1. The Hall–Kier alpha value is -2.38. The van der Waals surface area contributed by atoms with Crippen LogP contribution >= 0.6 is 11.6 Å². The Kier molecular flexibility index (Phi) is 5.20. The van der Waals surface area contributed by atoms with E-state index in [0.717, 1.165) is 0 Å². The van der Waals surface area contributed by atoms with Crippen LogP contribution in [0.15, 0.2) is 48.5 Å². The second-order valence-electron chi connectivity index (χ2n) is 5.44. The standard InChI is InChI=1S/C17H13ClF3NO3/c1-16(25,17(19,20)21)15(24)22-13-7-5-10(6-8-13)14(23)11-3-2-4-12(18)9-11/h2-9,25H,1H3,(H,22,24). The van der Waals surface area contributed by atoms with Crippen molar-refractivity contribution in [2.75, 3.05) is 5.32 Å². The number of ketones is 1. The number of anilines is 1. The molecule has 0 bridgehead atoms. The predicted molar refractivity (Wildman–Crippen MR) is 86.6 cm³/mol. The molecule has 25 heavy (non-hydrogen) atoms. The van der Waals surface area contributed by atoms with Crippen LogP contribution < -0.4 is 5.32 Å². The van der Waals surface area contributed by atoms with E-state index >= 15 is 0 Å². The van der Waals surface area contributed by atoms with Gasteiger partial charge in [-0.1, -0.05) is 23.7 Å². The second kappa shape index (κ2) is 6.85. The van der Waals surface area contributed by atoms with E-state index in [-0.39, 0.29) is 17.0 Å². The minimum absolute atomic E-state index is 0.0113. The molecule has 1 amide bonds. The monoisotopic (exact) mass is 371 g/mol. The average molecular weight is 372 g/mol. The van der Waals surface area contributed by atoms with Crippen molar-refractivity contribution in [1.82, 2.24) is 0 Å². The number of carbonyl (C=O) groups is 2. The van der Waals surface area contributed by atoms with Crippen LogP contribution in [-0.2, 0) is 4.79 Å². The maximum atomic E-state index is 12.6. The summed E-state index contributed by atoms with van der Waals surface area (Å²) < 4.78 is 37.8. The molecule has 4 nitrogen and oxygen atoms in total. The molecular formula is C17H13ClF3NO3. The zero-order chi connectivity index (χ0) is 18.8. The lowest BCUT2D eigenvalue weighted by atomic mass is 10.0. The first-order valence-corrected chi connectivity index (χ1v) is 7.41. The first-order chi connectivity index (χ1) is 11.5. The van der Waals surface area contributed by atoms with Crippen LogP contribution in [0, 0.1) is 0 Å². The largest absolute Gasteiger partial charge is 0.426 e. The highest BCUT2D eigenvalue weighted by atomic mass is 35.5. The van der Waals surface area contributed by atoms with Crippen molar-refractivity contribution in [1.29, 1.82) is 0 Å². The zero-order valence-electron chi connectivity index (χ0n) is 12.9. The molecular weight excluding hydrogens is 359 g/mol. The van der Waals surface area contributed by atoms with Crippen LogP contribution in [-0.4, -0.2) is 28.6 Å². The van der Waals surface area contributed by atoms with Crippen LogP contribution in [0.3, 0.4) is 0 Å². The Morgan fingerprint density at radius 2 is 1.64 bits per heavy atom. The van der Waals surface area contributed by atoms with Crippen molar-refractivity contribution in [3.05, 3.63) is 64.7 Å². The molecule has 2 rings (SSSR count). The van der Waals surface area contributed by atoms with Gasteiger partial charge in [-0.25, -0.2) is 0 Å². The molecule has 2 aromatic carbocycles. The lowest BCUT2D eigenvalue weighted by Gasteiger charge is -2.24. The number of rotatable bonds is 4. The molecule has 0 saturated heterocycles. The zero-order valence-corrected chi connectivity index (χ0v) is 13.7. The molecule has 132 valence electrons. The van der Waals surface area contributed by atoms with Gasteiger partial charge in [0.25, 0.3) is 5.91 Å². The minimum Gasteiger partial charge on any atom is -0.373 e. The summed E-state index contributed by atoms with van der Waals surface area (Å²) in [6.45, 7) is 0.360. The molecule has 2 aromatic rings. The second-order valence-corrected chi connectivity index (χ2v) is 5.88. The van der Waals surface area contributed by atoms with Gasteiger partial charge in [-0.15, -0.1) is 0 Å². The van der Waals surface area contributed by atoms with E-state index in [9.17, 15) is 27.9 Å². The third kappa shape index (κ3) is 4.18. The number of amides is 1. The Morgan fingerprint density at radius 1 is 1.04 bits per heavy atom. The molecule has 1 unspecified atom stereocenters. The van der Waals surface area contributed by atoms with Crippen molar-refractivity contribution in [3.63, 3.8) is 0 Å². The van der Waals surface area contributed by atoms with E-state index in [0.29, 0.717) is 17.5 Å². The summed E-state index contributed by atoms with van der Waals surface area (Å²) in [6, 6.07) is 11.5. The number of hydrogen-bond acceptors (Lipinski definition) is 3. The summed E-state index contributed by atoms with van der Waals surface area (Å²) in [5, 5.41) is 11.6. The Bertz CT molecular complexity index is 802. The van der Waals surface area contributed by atoms with E-state index in [1.54, 1.807) is 18.2 Å². The van der Waals surface area contributed by atoms with E-state index in [1.807, 2.05) is 5.32 Å². The lowest BCUT2D eigenvalue weighted by molar-refractivity contribution is -0.242. The average Bonchev–Trinajstić information content (AvgIpc) is 2.53. The van der Waals surface area contributed by atoms with Crippen LogP contribution in [0.2, 0.25) is 5.02 Å². The fourth-order valence-electron chi connectivity index (χ4n) is 1.88. The smallest absolute Gasteiger partial charge is 0.373 e. The highest BCUT2D eigenvalue weighted by molar-refractivity contribution is 6.31. The minimum atomic E-state index is -5.11. The Labute approximate surface area is 146 Å². The summed E-state index contributed by atoms with van der Waals surface area (Å²) in [5.74, 6) is -1.95. The fraction of sp³-hybridized carbons (Fsp3) is 0.176. The summed E-state index contributed by atoms with van der Waals surface area (Å²) in [6.07, 6.45) is -5.11. The van der Waals surface area contributed by atoms with E-state index < -0.39 is 17.7 Å². The van der Waals surface area contributed by atoms with E-state index in [4.69, 9.17) is 11.6 Å². The van der Waals surface area contributed by atoms with Crippen LogP contribution in [0.4, 0.5) is 18.9 Å². The predicted octanol–water partition coefficient (Wildman–Crippen LogP) is 3.82. The van der Waals surface area contributed by atoms with Gasteiger partial charge in [0.05, 0.1) is 0 Å². The number of benzene rings is 2. The van der Waals surface area contributed by atoms with Crippen molar-refractivity contribution < 1.29 is 27.9 Å². The van der Waals surface area contributed by atoms with Gasteiger partial charge in [-0.3, -0.25) is 9.59 Å². The molecule has 0 aliphatic rings. The van der Waals surface area contributed by atoms with Gasteiger partial charge in [0.2, 0.25) is 5.60 Å². The third-order valence-electron chi connectivity index (χ3n) is 3.49. The van der Waals surface area contributed by atoms with Gasteiger partial charge in [0.15, 0.2) is 5.78 Å². The number of halogens is 4. The maximum absolute atomic E-state index is 12.6. The first-order valence-electron chi connectivity index (χ1n) is 7.03. The van der Waals surface area contributed by atoms with Crippen LogP contribution in [0.25, 0.3) is 0 Å². The van der Waals surface area contributed by atoms with Crippen molar-refractivity contribution in [2.24, 2.45) is 0 Å². The Morgan fingerprint density at radius 3 is 2.16 bits per heavy atom. The van der Waals surface area contributed by atoms with Crippen molar-refractivity contribution in [2.45, 2.75) is 18.7 Å². The summed E-state index contributed by atoms with van der Waals surface area (Å²) in [7, 11) is 0. The molecule has 0 radical (unpaired) electrons. The van der Waals surface area contributed by atoms with E-state index in [2.05, 4.69) is 0 Å². The molecule has 0 aromatic heterocycles. The molecule has 1 atom stereocenters. The van der Waals surface area contributed by atoms with Gasteiger partial charge in [0.1, 0.15) is 0 Å². The third-order valence-corrected chi connectivity index (χ3v) is 3.72. The van der Waals surface area contributed by atoms with Crippen LogP contribution in [0.1, 0.15) is 22.8 Å². The number of alkyl halides is 3. The molecule has 0 saturated carbocycles. The quantitative estimate of drug-likeness (QED) is 0.803. The molecule has 0 fully saturated rings. The molecule has 2 N–H and O–H groups in total. The summed E-state index contributed by atoms with van der Waals surface area (Å²) >= 11 is 5.82. The van der Waals surface area contributed by atoms with Gasteiger partial charge in [-0.2, -0.15) is 13.2 Å². The van der Waals surface area contributed by atoms with Crippen molar-refractivity contribution in [3.8, 4) is 0 Å². The Balaban J connectivity index is 2.15.